The molecule has 1 aromatic rings. The Balaban J connectivity index is 1.44. The molecule has 1 aromatic carbocycles. The molecule has 1 atom stereocenters. The molecule has 2 fully saturated rings. The van der Waals surface area contributed by atoms with Crippen LogP contribution >= 0.6 is 0 Å². The summed E-state index contributed by atoms with van der Waals surface area (Å²) in [6.45, 7) is 7.86. The number of aryl methyl sites for hydroxylation is 1. The Labute approximate surface area is 159 Å². The first-order valence-electron chi connectivity index (χ1n) is 10.6. The molecule has 2 heterocycles. The first-order chi connectivity index (χ1) is 12.8. The summed E-state index contributed by atoms with van der Waals surface area (Å²) >= 11 is 0. The maximum atomic E-state index is 9.25. The van der Waals surface area contributed by atoms with E-state index in [1.807, 2.05) is 0 Å². The quantitative estimate of drug-likeness (QED) is 0.711. The minimum Gasteiger partial charge on any atom is -0.493 e. The Bertz CT molecular complexity index is 541. The predicted octanol–water partition coefficient (Wildman–Crippen LogP) is 3.99. The molecule has 0 radical (unpaired) electrons. The number of aliphatic hydroxyl groups excluding tert-OH is 1. The third-order valence-electron chi connectivity index (χ3n) is 5.94. The van der Waals surface area contributed by atoms with Crippen molar-refractivity contribution in [1.29, 1.82) is 0 Å². The zero-order valence-corrected chi connectivity index (χ0v) is 16.5. The lowest BCUT2D eigenvalue weighted by molar-refractivity contribution is 0.112. The van der Waals surface area contributed by atoms with E-state index in [-0.39, 0.29) is 0 Å². The van der Waals surface area contributed by atoms with Gasteiger partial charge in [-0.05, 0) is 82.2 Å². The van der Waals surface area contributed by atoms with Crippen LogP contribution in [0.15, 0.2) is 18.2 Å². The van der Waals surface area contributed by atoms with Gasteiger partial charge in [0.2, 0.25) is 0 Å². The second-order valence-corrected chi connectivity index (χ2v) is 7.90. The van der Waals surface area contributed by atoms with E-state index in [0.717, 1.165) is 31.7 Å². The molecule has 1 unspecified atom stereocenters. The summed E-state index contributed by atoms with van der Waals surface area (Å²) in [5.41, 5.74) is 2.58. The van der Waals surface area contributed by atoms with Crippen LogP contribution in [-0.2, 0) is 0 Å². The van der Waals surface area contributed by atoms with Crippen LogP contribution in [0.4, 0.5) is 5.69 Å². The van der Waals surface area contributed by atoms with E-state index < -0.39 is 0 Å². The SMILES string of the molecule is Cc1cc(N2CCCCC2)ccc1OCCCN1CCCCC1CCO. The summed E-state index contributed by atoms with van der Waals surface area (Å²) in [6, 6.07) is 7.21. The second-order valence-electron chi connectivity index (χ2n) is 7.90. The highest BCUT2D eigenvalue weighted by Crippen LogP contribution is 2.27. The summed E-state index contributed by atoms with van der Waals surface area (Å²) in [4.78, 5) is 5.05. The van der Waals surface area contributed by atoms with E-state index in [4.69, 9.17) is 4.74 Å². The Kier molecular flexibility index (Phi) is 7.63. The van der Waals surface area contributed by atoms with E-state index in [0.29, 0.717) is 12.6 Å². The number of anilines is 1. The lowest BCUT2D eigenvalue weighted by Gasteiger charge is -2.35. The number of likely N-dealkylation sites (tertiary alicyclic amines) is 1. The van der Waals surface area contributed by atoms with Gasteiger partial charge >= 0.3 is 0 Å². The van der Waals surface area contributed by atoms with Crippen molar-refractivity contribution in [3.05, 3.63) is 23.8 Å². The summed E-state index contributed by atoms with van der Waals surface area (Å²) in [7, 11) is 0. The number of nitrogens with zero attached hydrogens (tertiary/aromatic N) is 2. The average molecular weight is 361 g/mol. The Morgan fingerprint density at radius 1 is 1.08 bits per heavy atom. The number of aliphatic hydroxyl groups is 1. The Morgan fingerprint density at radius 3 is 2.65 bits per heavy atom. The van der Waals surface area contributed by atoms with Crippen molar-refractivity contribution < 1.29 is 9.84 Å². The van der Waals surface area contributed by atoms with Crippen molar-refractivity contribution in [2.45, 2.75) is 64.3 Å². The van der Waals surface area contributed by atoms with E-state index in [1.54, 1.807) is 0 Å². The van der Waals surface area contributed by atoms with Crippen LogP contribution in [0.5, 0.6) is 5.75 Å². The van der Waals surface area contributed by atoms with Crippen LogP contribution in [0.3, 0.4) is 0 Å². The van der Waals surface area contributed by atoms with Gasteiger partial charge in [-0.25, -0.2) is 0 Å². The highest BCUT2D eigenvalue weighted by atomic mass is 16.5. The van der Waals surface area contributed by atoms with Gasteiger partial charge in [0.25, 0.3) is 0 Å². The van der Waals surface area contributed by atoms with Crippen molar-refractivity contribution in [1.82, 2.24) is 4.90 Å². The smallest absolute Gasteiger partial charge is 0.122 e. The molecule has 0 spiro atoms. The van der Waals surface area contributed by atoms with Crippen molar-refractivity contribution in [3.63, 3.8) is 0 Å². The van der Waals surface area contributed by atoms with Crippen molar-refractivity contribution >= 4 is 5.69 Å². The van der Waals surface area contributed by atoms with Crippen LogP contribution in [0.2, 0.25) is 0 Å². The van der Waals surface area contributed by atoms with E-state index in [9.17, 15) is 5.11 Å². The van der Waals surface area contributed by atoms with Gasteiger partial charge in [0.1, 0.15) is 5.75 Å². The summed E-state index contributed by atoms with van der Waals surface area (Å²) < 4.78 is 6.07. The normalized spacial score (nSPS) is 21.8. The van der Waals surface area contributed by atoms with Gasteiger partial charge in [0, 0.05) is 38.0 Å². The fourth-order valence-corrected chi connectivity index (χ4v) is 4.42. The molecule has 2 aliphatic heterocycles. The number of ether oxygens (including phenoxy) is 1. The molecule has 1 N–H and O–H groups in total. The molecule has 0 aliphatic carbocycles. The zero-order chi connectivity index (χ0) is 18.2. The first kappa shape index (κ1) is 19.5. The molecule has 4 heteroatoms. The van der Waals surface area contributed by atoms with E-state index in [1.165, 1.54) is 69.4 Å². The summed E-state index contributed by atoms with van der Waals surface area (Å²) in [5, 5.41) is 9.25. The van der Waals surface area contributed by atoms with Crippen molar-refractivity contribution in [3.8, 4) is 5.75 Å². The molecular weight excluding hydrogens is 324 g/mol. The molecule has 3 rings (SSSR count). The molecule has 146 valence electrons. The fourth-order valence-electron chi connectivity index (χ4n) is 4.42. The van der Waals surface area contributed by atoms with Gasteiger partial charge in [-0.15, -0.1) is 0 Å². The lowest BCUT2D eigenvalue weighted by Crippen LogP contribution is -2.40. The van der Waals surface area contributed by atoms with Gasteiger partial charge < -0.3 is 19.6 Å². The number of benzene rings is 1. The number of hydrogen-bond acceptors (Lipinski definition) is 4. The first-order valence-corrected chi connectivity index (χ1v) is 10.6. The standard InChI is InChI=1S/C22H36N2O2/c1-19-18-21(24-12-4-2-5-13-24)9-10-22(19)26-17-7-15-23-14-6-3-8-20(23)11-16-25/h9-10,18,20,25H,2-8,11-17H2,1H3. The van der Waals surface area contributed by atoms with Gasteiger partial charge in [-0.2, -0.15) is 0 Å². The third-order valence-corrected chi connectivity index (χ3v) is 5.94. The molecular formula is C22H36N2O2. The molecule has 2 aliphatic rings. The predicted molar refractivity (Wildman–Crippen MR) is 108 cm³/mol. The minimum atomic E-state index is 0.306. The lowest BCUT2D eigenvalue weighted by atomic mass is 9.99. The maximum absolute atomic E-state index is 9.25. The average Bonchev–Trinajstić information content (AvgIpc) is 2.68. The minimum absolute atomic E-state index is 0.306. The molecule has 4 nitrogen and oxygen atoms in total. The highest BCUT2D eigenvalue weighted by Gasteiger charge is 2.21. The van der Waals surface area contributed by atoms with Crippen LogP contribution in [-0.4, -0.2) is 55.4 Å². The van der Waals surface area contributed by atoms with Crippen LogP contribution in [0, 0.1) is 6.92 Å². The van der Waals surface area contributed by atoms with Gasteiger partial charge in [0.15, 0.2) is 0 Å². The van der Waals surface area contributed by atoms with Crippen LogP contribution < -0.4 is 9.64 Å². The fraction of sp³-hybridized carbons (Fsp3) is 0.727. The zero-order valence-electron chi connectivity index (χ0n) is 16.5. The molecule has 26 heavy (non-hydrogen) atoms. The van der Waals surface area contributed by atoms with Crippen LogP contribution in [0.1, 0.15) is 56.9 Å². The highest BCUT2D eigenvalue weighted by molar-refractivity contribution is 5.53. The van der Waals surface area contributed by atoms with E-state index >= 15 is 0 Å². The van der Waals surface area contributed by atoms with Crippen molar-refractivity contribution in [2.75, 3.05) is 44.3 Å². The largest absolute Gasteiger partial charge is 0.493 e. The third kappa shape index (κ3) is 5.37. The summed E-state index contributed by atoms with van der Waals surface area (Å²) in [5.74, 6) is 1.02. The Hall–Kier alpha value is -1.26. The molecule has 0 saturated carbocycles. The van der Waals surface area contributed by atoms with E-state index in [2.05, 4.69) is 34.9 Å². The van der Waals surface area contributed by atoms with Crippen LogP contribution in [0.25, 0.3) is 0 Å². The summed E-state index contributed by atoms with van der Waals surface area (Å²) in [6.07, 6.45) is 9.79. The monoisotopic (exact) mass is 360 g/mol. The van der Waals surface area contributed by atoms with Crippen molar-refractivity contribution in [2.24, 2.45) is 0 Å². The maximum Gasteiger partial charge on any atom is 0.122 e. The number of piperidine rings is 2. The molecule has 0 bridgehead atoms. The van der Waals surface area contributed by atoms with Gasteiger partial charge in [-0.3, -0.25) is 0 Å². The molecule has 2 saturated heterocycles. The molecule has 0 aromatic heterocycles. The topological polar surface area (TPSA) is 35.9 Å². The number of hydrogen-bond donors (Lipinski definition) is 1. The second kappa shape index (κ2) is 10.2. The van der Waals surface area contributed by atoms with Gasteiger partial charge in [0.05, 0.1) is 6.61 Å². The van der Waals surface area contributed by atoms with Gasteiger partial charge in [-0.1, -0.05) is 6.42 Å². The molecule has 0 amide bonds. The number of rotatable bonds is 8. The Morgan fingerprint density at radius 2 is 1.88 bits per heavy atom.